The first kappa shape index (κ1) is 15.5. The van der Waals surface area contributed by atoms with E-state index in [0.717, 1.165) is 5.56 Å². The smallest absolute Gasteiger partial charge is 0.407 e. The summed E-state index contributed by atoms with van der Waals surface area (Å²) >= 11 is 0. The van der Waals surface area contributed by atoms with Crippen molar-refractivity contribution in [3.8, 4) is 0 Å². The van der Waals surface area contributed by atoms with Crippen LogP contribution in [0.5, 0.6) is 0 Å². The molecule has 0 aliphatic heterocycles. The molecule has 3 rings (SSSR count). The maximum atomic E-state index is 11.7. The summed E-state index contributed by atoms with van der Waals surface area (Å²) < 4.78 is 5.09. The van der Waals surface area contributed by atoms with E-state index in [1.54, 1.807) is 6.07 Å². The van der Waals surface area contributed by atoms with Gasteiger partial charge in [0, 0.05) is 12.1 Å². The zero-order chi connectivity index (χ0) is 16.9. The highest BCUT2D eigenvalue weighted by Gasteiger charge is 2.10. The van der Waals surface area contributed by atoms with Gasteiger partial charge in [0.15, 0.2) is 0 Å². The summed E-state index contributed by atoms with van der Waals surface area (Å²) in [5.74, 6) is 0.488. The molecule has 0 spiro atoms. The largest absolute Gasteiger partial charge is 0.445 e. The third-order valence-electron chi connectivity index (χ3n) is 3.34. The number of nitrogens with one attached hydrogen (secondary N) is 2. The highest BCUT2D eigenvalue weighted by Crippen LogP contribution is 2.18. The van der Waals surface area contributed by atoms with Gasteiger partial charge >= 0.3 is 6.09 Å². The first-order valence-corrected chi connectivity index (χ1v) is 7.19. The van der Waals surface area contributed by atoms with E-state index in [-0.39, 0.29) is 18.8 Å². The summed E-state index contributed by atoms with van der Waals surface area (Å²) in [6.45, 7) is 0.315. The van der Waals surface area contributed by atoms with Gasteiger partial charge in [-0.25, -0.2) is 9.78 Å². The predicted octanol–water partition coefficient (Wildman–Crippen LogP) is 2.90. The molecule has 0 fully saturated rings. The molecule has 0 radical (unpaired) electrons. The topological polar surface area (TPSA) is 110 Å². The average Bonchev–Trinajstić information content (AvgIpc) is 3.01. The number of hydrogen-bond acceptors (Lipinski definition) is 5. The first-order valence-electron chi connectivity index (χ1n) is 7.19. The number of nitro groups is 1. The number of carbonyl (C=O) groups is 1. The lowest BCUT2D eigenvalue weighted by Gasteiger charge is -2.05. The number of fused-ring (bicyclic) bond motifs is 1. The number of aromatic amines is 1. The maximum Gasteiger partial charge on any atom is 0.407 e. The lowest BCUT2D eigenvalue weighted by Crippen LogP contribution is -2.24. The number of ether oxygens (including phenoxy) is 1. The summed E-state index contributed by atoms with van der Waals surface area (Å²) in [6, 6.07) is 13.7. The van der Waals surface area contributed by atoms with Crippen molar-refractivity contribution in [3.05, 3.63) is 70.0 Å². The Hall–Kier alpha value is -3.42. The van der Waals surface area contributed by atoms with Crippen LogP contribution in [0, 0.1) is 10.1 Å². The molecule has 122 valence electrons. The molecule has 2 aromatic carbocycles. The summed E-state index contributed by atoms with van der Waals surface area (Å²) in [6.07, 6.45) is -0.565. The van der Waals surface area contributed by atoms with Crippen molar-refractivity contribution < 1.29 is 14.5 Å². The predicted molar refractivity (Wildman–Crippen MR) is 86.2 cm³/mol. The lowest BCUT2D eigenvalue weighted by molar-refractivity contribution is -0.384. The van der Waals surface area contributed by atoms with Gasteiger partial charge < -0.3 is 15.0 Å². The summed E-state index contributed by atoms with van der Waals surface area (Å²) in [7, 11) is 0. The Labute approximate surface area is 136 Å². The van der Waals surface area contributed by atoms with Crippen LogP contribution in [0.1, 0.15) is 11.4 Å². The number of aromatic nitrogens is 2. The fraction of sp³-hybridized carbons (Fsp3) is 0.125. The summed E-state index contributed by atoms with van der Waals surface area (Å²) in [5, 5.41) is 13.3. The number of carbonyl (C=O) groups excluding carboxylic acids is 1. The molecule has 0 aliphatic rings. The summed E-state index contributed by atoms with van der Waals surface area (Å²) in [4.78, 5) is 29.2. The van der Waals surface area contributed by atoms with Gasteiger partial charge in [0.25, 0.3) is 5.69 Å². The minimum Gasteiger partial charge on any atom is -0.445 e. The molecule has 1 heterocycles. The molecule has 3 aromatic rings. The van der Waals surface area contributed by atoms with Crippen LogP contribution < -0.4 is 5.32 Å². The van der Waals surface area contributed by atoms with Crippen LogP contribution in [-0.2, 0) is 17.9 Å². The van der Waals surface area contributed by atoms with Crippen molar-refractivity contribution >= 4 is 22.8 Å². The molecular weight excluding hydrogens is 312 g/mol. The van der Waals surface area contributed by atoms with Gasteiger partial charge in [-0.3, -0.25) is 10.1 Å². The Morgan fingerprint density at radius 1 is 1.25 bits per heavy atom. The van der Waals surface area contributed by atoms with E-state index >= 15 is 0 Å². The Balaban J connectivity index is 1.57. The van der Waals surface area contributed by atoms with E-state index in [1.807, 2.05) is 30.3 Å². The van der Waals surface area contributed by atoms with Gasteiger partial charge in [-0.15, -0.1) is 0 Å². The fourth-order valence-electron chi connectivity index (χ4n) is 2.18. The Bertz CT molecular complexity index is 876. The SMILES string of the molecule is O=C(NCc1nc2ccc([N+](=O)[O-])cc2[nH]1)OCc1ccccc1. The quantitative estimate of drug-likeness (QED) is 0.553. The third kappa shape index (κ3) is 3.67. The molecule has 0 saturated heterocycles. The zero-order valence-electron chi connectivity index (χ0n) is 12.6. The van der Waals surface area contributed by atoms with Crippen LogP contribution in [0.3, 0.4) is 0 Å². The normalized spacial score (nSPS) is 10.5. The van der Waals surface area contributed by atoms with Crippen molar-refractivity contribution in [1.29, 1.82) is 0 Å². The minimum absolute atomic E-state index is 0.0204. The Morgan fingerprint density at radius 2 is 2.04 bits per heavy atom. The molecule has 8 nitrogen and oxygen atoms in total. The van der Waals surface area contributed by atoms with Crippen LogP contribution >= 0.6 is 0 Å². The average molecular weight is 326 g/mol. The van der Waals surface area contributed by atoms with Crippen molar-refractivity contribution in [1.82, 2.24) is 15.3 Å². The van der Waals surface area contributed by atoms with E-state index in [1.165, 1.54) is 12.1 Å². The molecule has 0 unspecified atom stereocenters. The van der Waals surface area contributed by atoms with E-state index in [0.29, 0.717) is 16.9 Å². The number of benzene rings is 2. The van der Waals surface area contributed by atoms with Crippen molar-refractivity contribution in [2.45, 2.75) is 13.2 Å². The van der Waals surface area contributed by atoms with Gasteiger partial charge in [0.2, 0.25) is 0 Å². The third-order valence-corrected chi connectivity index (χ3v) is 3.34. The number of hydrogen-bond donors (Lipinski definition) is 2. The minimum atomic E-state index is -0.565. The number of imidazole rings is 1. The van der Waals surface area contributed by atoms with Gasteiger partial charge in [0.1, 0.15) is 12.4 Å². The Kier molecular flexibility index (Phi) is 4.37. The van der Waals surface area contributed by atoms with Crippen LogP contribution in [0.2, 0.25) is 0 Å². The number of rotatable bonds is 5. The van der Waals surface area contributed by atoms with Gasteiger partial charge in [0.05, 0.1) is 22.5 Å². The molecule has 8 heteroatoms. The number of H-pyrrole nitrogens is 1. The molecular formula is C16H14N4O4. The molecule has 0 saturated carbocycles. The van der Waals surface area contributed by atoms with Crippen LogP contribution in [-0.4, -0.2) is 21.0 Å². The van der Waals surface area contributed by atoms with Crippen LogP contribution in [0.4, 0.5) is 10.5 Å². The number of nitro benzene ring substituents is 1. The molecule has 24 heavy (non-hydrogen) atoms. The van der Waals surface area contributed by atoms with E-state index in [9.17, 15) is 14.9 Å². The second-order valence-electron chi connectivity index (χ2n) is 5.06. The summed E-state index contributed by atoms with van der Waals surface area (Å²) in [5.41, 5.74) is 2.00. The second-order valence-corrected chi connectivity index (χ2v) is 5.06. The molecule has 1 amide bonds. The molecule has 0 bridgehead atoms. The highest BCUT2D eigenvalue weighted by atomic mass is 16.6. The van der Waals surface area contributed by atoms with E-state index < -0.39 is 11.0 Å². The van der Waals surface area contributed by atoms with Crippen LogP contribution in [0.15, 0.2) is 48.5 Å². The van der Waals surface area contributed by atoms with Crippen molar-refractivity contribution in [3.63, 3.8) is 0 Å². The highest BCUT2D eigenvalue weighted by molar-refractivity contribution is 5.77. The van der Waals surface area contributed by atoms with Crippen LogP contribution in [0.25, 0.3) is 11.0 Å². The standard InChI is InChI=1S/C16H14N4O4/c21-16(24-10-11-4-2-1-3-5-11)17-9-15-18-13-7-6-12(20(22)23)8-14(13)19-15/h1-8H,9-10H2,(H,17,21)(H,18,19). The molecule has 1 aromatic heterocycles. The van der Waals surface area contributed by atoms with Crippen molar-refractivity contribution in [2.75, 3.05) is 0 Å². The number of amides is 1. The van der Waals surface area contributed by atoms with Crippen molar-refractivity contribution in [2.24, 2.45) is 0 Å². The number of alkyl carbamates (subject to hydrolysis) is 1. The van der Waals surface area contributed by atoms with Gasteiger partial charge in [-0.2, -0.15) is 0 Å². The van der Waals surface area contributed by atoms with E-state index in [4.69, 9.17) is 4.74 Å². The maximum absolute atomic E-state index is 11.7. The lowest BCUT2D eigenvalue weighted by atomic mass is 10.2. The second kappa shape index (κ2) is 6.78. The molecule has 2 N–H and O–H groups in total. The zero-order valence-corrected chi connectivity index (χ0v) is 12.6. The monoisotopic (exact) mass is 326 g/mol. The van der Waals surface area contributed by atoms with E-state index in [2.05, 4.69) is 15.3 Å². The molecule has 0 aliphatic carbocycles. The number of non-ortho nitro benzene ring substituents is 1. The number of nitrogens with zero attached hydrogens (tertiary/aromatic N) is 2. The van der Waals surface area contributed by atoms with Gasteiger partial charge in [-0.05, 0) is 11.6 Å². The van der Waals surface area contributed by atoms with Gasteiger partial charge in [-0.1, -0.05) is 30.3 Å². The molecule has 0 atom stereocenters. The Morgan fingerprint density at radius 3 is 2.79 bits per heavy atom. The fourth-order valence-corrected chi connectivity index (χ4v) is 2.18. The first-order chi connectivity index (χ1) is 11.6.